The highest BCUT2D eigenvalue weighted by Crippen LogP contribution is 2.38. The average Bonchev–Trinajstić information content (AvgIpc) is 3.09. The molecule has 1 aliphatic heterocycles. The maximum atomic E-state index is 14.1. The Balaban J connectivity index is 1.30. The van der Waals surface area contributed by atoms with Gasteiger partial charge in [-0.3, -0.25) is 4.79 Å². The van der Waals surface area contributed by atoms with Crippen molar-refractivity contribution in [3.63, 3.8) is 0 Å². The predicted molar refractivity (Wildman–Crippen MR) is 165 cm³/mol. The minimum absolute atomic E-state index is 0.0468. The third-order valence-electron chi connectivity index (χ3n) is 7.90. The number of rotatable bonds is 11. The molecule has 0 aromatic heterocycles. The lowest BCUT2D eigenvalue weighted by Gasteiger charge is -2.37. The van der Waals surface area contributed by atoms with Crippen molar-refractivity contribution in [3.05, 3.63) is 142 Å². The second kappa shape index (κ2) is 15.0. The lowest BCUT2D eigenvalue weighted by Crippen LogP contribution is -2.37. The Morgan fingerprint density at radius 2 is 1.51 bits per heavy atom. The number of halogens is 5. The molecule has 1 fully saturated rings. The van der Waals surface area contributed by atoms with E-state index >= 15 is 0 Å². The number of nitrogens with one attached hydrogen (secondary N) is 1. The number of nitrogens with zero attached hydrogens (tertiary/aromatic N) is 1. The monoisotopic (exact) mass is 652 g/mol. The Bertz CT molecular complexity index is 1700. The van der Waals surface area contributed by atoms with Crippen LogP contribution in [0.4, 0.5) is 22.0 Å². The summed E-state index contributed by atoms with van der Waals surface area (Å²) in [6, 6.07) is 22.1. The number of amides is 1. The maximum Gasteiger partial charge on any atom is 0.257 e. The minimum atomic E-state index is -2.33. The Hall–Kier alpha value is -4.42. The summed E-state index contributed by atoms with van der Waals surface area (Å²) in [5, 5.41) is 11.7. The Morgan fingerprint density at radius 1 is 0.872 bits per heavy atom. The summed E-state index contributed by atoms with van der Waals surface area (Å²) in [7, 11) is 1.99. The summed E-state index contributed by atoms with van der Waals surface area (Å²) < 4.78 is 81.4. The van der Waals surface area contributed by atoms with Crippen LogP contribution < -0.4 is 5.32 Å². The average molecular weight is 653 g/mol. The van der Waals surface area contributed by atoms with Crippen molar-refractivity contribution in [1.82, 2.24) is 10.2 Å². The van der Waals surface area contributed by atoms with Gasteiger partial charge in [0, 0.05) is 31.6 Å². The van der Waals surface area contributed by atoms with Gasteiger partial charge in [-0.2, -0.15) is 0 Å². The summed E-state index contributed by atoms with van der Waals surface area (Å²) in [5.41, 5.74) is 3.15. The van der Waals surface area contributed by atoms with Gasteiger partial charge in [0.2, 0.25) is 5.82 Å². The van der Waals surface area contributed by atoms with Crippen LogP contribution in [0.2, 0.25) is 0 Å². The molecule has 1 heterocycles. The van der Waals surface area contributed by atoms with Gasteiger partial charge in [-0.15, -0.1) is 6.58 Å². The summed E-state index contributed by atoms with van der Waals surface area (Å²) in [5.74, 6) is -12.5. The molecule has 3 atom stereocenters. The van der Waals surface area contributed by atoms with Gasteiger partial charge in [0.05, 0.1) is 18.8 Å². The second-order valence-corrected chi connectivity index (χ2v) is 11.3. The molecule has 0 aliphatic carbocycles. The molecule has 0 radical (unpaired) electrons. The Morgan fingerprint density at radius 3 is 2.15 bits per heavy atom. The van der Waals surface area contributed by atoms with E-state index in [1.807, 2.05) is 67.7 Å². The van der Waals surface area contributed by atoms with E-state index in [2.05, 4.69) is 16.8 Å². The van der Waals surface area contributed by atoms with E-state index in [-0.39, 0.29) is 25.4 Å². The summed E-state index contributed by atoms with van der Waals surface area (Å²) in [6.45, 7) is 4.91. The highest BCUT2D eigenvalue weighted by Gasteiger charge is 2.33. The van der Waals surface area contributed by atoms with E-state index in [1.54, 1.807) is 18.2 Å². The van der Waals surface area contributed by atoms with Gasteiger partial charge in [-0.05, 0) is 40.9 Å². The van der Waals surface area contributed by atoms with Gasteiger partial charge in [0.25, 0.3) is 5.91 Å². The quantitative estimate of drug-likeness (QED) is 0.0781. The largest absolute Gasteiger partial charge is 0.392 e. The fourth-order valence-electron chi connectivity index (χ4n) is 5.44. The number of hydrogen-bond donors (Lipinski definition) is 2. The highest BCUT2D eigenvalue weighted by molar-refractivity contribution is 5.94. The van der Waals surface area contributed by atoms with Crippen LogP contribution in [0.25, 0.3) is 11.1 Å². The molecule has 4 aromatic rings. The Labute approximate surface area is 269 Å². The number of aliphatic hydroxyl groups is 1. The lowest BCUT2D eigenvalue weighted by molar-refractivity contribution is -0.252. The first-order chi connectivity index (χ1) is 22.6. The molecule has 1 aliphatic rings. The summed E-state index contributed by atoms with van der Waals surface area (Å²) in [4.78, 5) is 14.5. The molecule has 6 nitrogen and oxygen atoms in total. The van der Waals surface area contributed by atoms with Crippen molar-refractivity contribution in [2.75, 3.05) is 20.1 Å². The Kier molecular flexibility index (Phi) is 10.8. The number of hydrogen-bond acceptors (Lipinski definition) is 5. The van der Waals surface area contributed by atoms with Crippen molar-refractivity contribution in [1.29, 1.82) is 0 Å². The van der Waals surface area contributed by atoms with Crippen LogP contribution in [0.1, 0.15) is 51.4 Å². The van der Waals surface area contributed by atoms with Crippen LogP contribution >= 0.6 is 0 Å². The first-order valence-corrected chi connectivity index (χ1v) is 14.9. The fraction of sp³-hybridized carbons (Fsp3) is 0.250. The van der Waals surface area contributed by atoms with Crippen LogP contribution in [-0.4, -0.2) is 42.2 Å². The molecule has 0 spiro atoms. The van der Waals surface area contributed by atoms with Gasteiger partial charge in [0.1, 0.15) is 5.56 Å². The molecule has 0 bridgehead atoms. The zero-order valence-corrected chi connectivity index (χ0v) is 25.5. The van der Waals surface area contributed by atoms with Crippen molar-refractivity contribution >= 4 is 5.91 Å². The number of likely N-dealkylation sites (N-methyl/N-ethyl adjacent to an activating group) is 1. The molecule has 1 amide bonds. The zero-order valence-electron chi connectivity index (χ0n) is 25.5. The van der Waals surface area contributed by atoms with E-state index < -0.39 is 46.8 Å². The molecule has 246 valence electrons. The maximum absolute atomic E-state index is 14.1. The van der Waals surface area contributed by atoms with E-state index in [4.69, 9.17) is 9.47 Å². The smallest absolute Gasteiger partial charge is 0.257 e. The number of carbonyl (C=O) groups is 1. The first-order valence-electron chi connectivity index (χ1n) is 14.9. The molecule has 0 saturated carbocycles. The fourth-order valence-corrected chi connectivity index (χ4v) is 5.44. The third-order valence-corrected chi connectivity index (χ3v) is 7.90. The van der Waals surface area contributed by atoms with Crippen molar-refractivity contribution in [2.45, 2.75) is 38.1 Å². The molecule has 47 heavy (non-hydrogen) atoms. The summed E-state index contributed by atoms with van der Waals surface area (Å²) >= 11 is 0. The minimum Gasteiger partial charge on any atom is -0.392 e. The van der Waals surface area contributed by atoms with Crippen molar-refractivity contribution in [2.24, 2.45) is 0 Å². The van der Waals surface area contributed by atoms with E-state index in [9.17, 15) is 31.9 Å². The molecule has 2 N–H and O–H groups in total. The molecule has 5 rings (SSSR count). The molecule has 1 saturated heterocycles. The number of benzene rings is 4. The van der Waals surface area contributed by atoms with E-state index in [1.165, 1.54) is 0 Å². The highest BCUT2D eigenvalue weighted by atomic mass is 19.2. The molecule has 11 heteroatoms. The first kappa shape index (κ1) is 33.9. The normalized spacial score (nSPS) is 17.9. The standard InChI is InChI=1S/C36H33F5N2O4/c1-3-15-43(2)19-27-17-28(24-9-7-21(20-44)8-10-24)47-36(46-27)25-13-11-23(12-14-25)26-6-4-5-22(16-26)18-42-35(45)29-30(37)32(39)34(41)33(40)31(29)38/h3-14,16,27-28,36,44H,1,15,17-20H2,2H3,(H,42,45)/t27-,28+,36+/m0/s1. The molecule has 0 unspecified atom stereocenters. The van der Waals surface area contributed by atoms with E-state index in [0.29, 0.717) is 25.1 Å². The number of ether oxygens (including phenoxy) is 2. The van der Waals surface area contributed by atoms with Gasteiger partial charge in [0.15, 0.2) is 29.6 Å². The molecular weight excluding hydrogens is 619 g/mol. The van der Waals surface area contributed by atoms with Crippen LogP contribution in [0.15, 0.2) is 85.5 Å². The second-order valence-electron chi connectivity index (χ2n) is 11.3. The van der Waals surface area contributed by atoms with Crippen LogP contribution in [0.3, 0.4) is 0 Å². The predicted octanol–water partition coefficient (Wildman–Crippen LogP) is 7.13. The van der Waals surface area contributed by atoms with Crippen LogP contribution in [-0.2, 0) is 22.6 Å². The van der Waals surface area contributed by atoms with Crippen LogP contribution in [0.5, 0.6) is 0 Å². The SMILES string of the molecule is C=CCN(C)C[C@@H]1C[C@H](c2ccc(CO)cc2)O[C@H](c2ccc(-c3cccc(CNC(=O)c4c(F)c(F)c(F)c(F)c4F)c3)cc2)O1. The van der Waals surface area contributed by atoms with Gasteiger partial charge >= 0.3 is 0 Å². The molecular formula is C36H33F5N2O4. The van der Waals surface area contributed by atoms with Gasteiger partial charge in [-0.1, -0.05) is 72.8 Å². The topological polar surface area (TPSA) is 71.0 Å². The zero-order chi connectivity index (χ0) is 33.7. The number of aliphatic hydroxyl groups excluding tert-OH is 1. The van der Waals surface area contributed by atoms with Crippen LogP contribution in [0, 0.1) is 29.1 Å². The number of carbonyl (C=O) groups excluding carboxylic acids is 1. The van der Waals surface area contributed by atoms with E-state index in [0.717, 1.165) is 27.8 Å². The van der Waals surface area contributed by atoms with Crippen molar-refractivity contribution < 1.29 is 41.3 Å². The van der Waals surface area contributed by atoms with Crippen molar-refractivity contribution in [3.8, 4) is 11.1 Å². The molecule has 4 aromatic carbocycles. The van der Waals surface area contributed by atoms with Gasteiger partial charge < -0.3 is 24.8 Å². The third kappa shape index (κ3) is 7.77. The lowest BCUT2D eigenvalue weighted by atomic mass is 9.99. The van der Waals surface area contributed by atoms with Gasteiger partial charge in [-0.25, -0.2) is 22.0 Å². The summed E-state index contributed by atoms with van der Waals surface area (Å²) in [6.07, 6.45) is 1.46.